The molecule has 0 bridgehead atoms. The smallest absolute Gasteiger partial charge is 0.295 e. The minimum atomic E-state index is -0.411. The lowest BCUT2D eigenvalue weighted by atomic mass is 10.2. The largest absolute Gasteiger partial charge is 0.316 e. The summed E-state index contributed by atoms with van der Waals surface area (Å²) in [7, 11) is 1.77. The van der Waals surface area contributed by atoms with Crippen molar-refractivity contribution in [3.05, 3.63) is 70.3 Å². The van der Waals surface area contributed by atoms with Gasteiger partial charge in [-0.15, -0.1) is 0 Å². The molecule has 0 fully saturated rings. The summed E-state index contributed by atoms with van der Waals surface area (Å²) in [6, 6.07) is 9.25. The number of amides is 1. The highest BCUT2D eigenvalue weighted by Gasteiger charge is 2.18. The van der Waals surface area contributed by atoms with Gasteiger partial charge < -0.3 is 5.32 Å². The second kappa shape index (κ2) is 7.41. The summed E-state index contributed by atoms with van der Waals surface area (Å²) in [5.74, 6) is -0.411. The van der Waals surface area contributed by atoms with Gasteiger partial charge in [-0.2, -0.15) is 0 Å². The van der Waals surface area contributed by atoms with Crippen LogP contribution in [0.2, 0.25) is 0 Å². The van der Waals surface area contributed by atoms with E-state index < -0.39 is 5.91 Å². The number of aliphatic imine (C=N–C) groups is 1. The van der Waals surface area contributed by atoms with Crippen LogP contribution in [0.25, 0.3) is 5.69 Å². The molecule has 0 atom stereocenters. The van der Waals surface area contributed by atoms with Crippen molar-refractivity contribution in [1.82, 2.24) is 9.36 Å². The zero-order valence-corrected chi connectivity index (χ0v) is 14.0. The van der Waals surface area contributed by atoms with E-state index in [4.69, 9.17) is 0 Å². The fraction of sp³-hybridized carbons (Fsp3) is 0.167. The van der Waals surface area contributed by atoms with Gasteiger partial charge >= 0.3 is 0 Å². The Bertz CT molecular complexity index is 870. The Morgan fingerprint density at radius 1 is 1.29 bits per heavy atom. The Hall–Kier alpha value is -3.15. The van der Waals surface area contributed by atoms with Crippen LogP contribution >= 0.6 is 0 Å². The highest BCUT2D eigenvalue weighted by Crippen LogP contribution is 2.15. The Balaban J connectivity index is 2.47. The highest BCUT2D eigenvalue weighted by molar-refractivity contribution is 6.05. The number of hydrogen-bond acceptors (Lipinski definition) is 3. The van der Waals surface area contributed by atoms with Gasteiger partial charge in [0, 0.05) is 13.2 Å². The van der Waals surface area contributed by atoms with E-state index in [1.54, 1.807) is 37.7 Å². The molecule has 2 aromatic rings. The molecule has 0 unspecified atom stereocenters. The number of aromatic nitrogens is 2. The molecule has 1 amide bonds. The molecule has 2 rings (SSSR count). The number of nitrogens with one attached hydrogen (secondary N) is 1. The Labute approximate surface area is 140 Å². The zero-order chi connectivity index (χ0) is 17.7. The van der Waals surface area contributed by atoms with Crippen LogP contribution in [0.4, 0.5) is 5.69 Å². The monoisotopic (exact) mass is 324 g/mol. The molecule has 0 radical (unpaired) electrons. The van der Waals surface area contributed by atoms with Crippen LogP contribution < -0.4 is 10.9 Å². The molecule has 124 valence electrons. The third kappa shape index (κ3) is 3.27. The molecular weight excluding hydrogens is 304 g/mol. The van der Waals surface area contributed by atoms with Crippen LogP contribution in [0.15, 0.2) is 64.0 Å². The molecule has 0 saturated heterocycles. The van der Waals surface area contributed by atoms with Crippen LogP contribution in [-0.4, -0.2) is 22.0 Å². The maximum absolute atomic E-state index is 12.7. The van der Waals surface area contributed by atoms with Crippen LogP contribution in [0, 0.1) is 6.92 Å². The summed E-state index contributed by atoms with van der Waals surface area (Å²) < 4.78 is 3.22. The molecule has 1 aromatic carbocycles. The second-order valence-corrected chi connectivity index (χ2v) is 5.16. The van der Waals surface area contributed by atoms with Crippen molar-refractivity contribution in [1.29, 1.82) is 0 Å². The SMILES string of the molecule is C=N/C=C(\C=C/C)C(=O)Nc1c(C)n(C)n(-c2ccccc2)c1=O. The van der Waals surface area contributed by atoms with Crippen LogP contribution in [0.1, 0.15) is 12.6 Å². The number of para-hydroxylation sites is 1. The maximum Gasteiger partial charge on any atom is 0.295 e. The van der Waals surface area contributed by atoms with Crippen molar-refractivity contribution in [3.8, 4) is 5.69 Å². The van der Waals surface area contributed by atoms with Crippen LogP contribution in [-0.2, 0) is 11.8 Å². The van der Waals surface area contributed by atoms with E-state index in [9.17, 15) is 9.59 Å². The number of allylic oxidation sites excluding steroid dienone is 1. The minimum absolute atomic E-state index is 0.241. The van der Waals surface area contributed by atoms with Crippen molar-refractivity contribution in [3.63, 3.8) is 0 Å². The normalized spacial score (nSPS) is 11.7. The molecule has 6 heteroatoms. The first-order chi connectivity index (χ1) is 11.5. The molecule has 0 spiro atoms. The van der Waals surface area contributed by atoms with E-state index in [1.807, 2.05) is 30.3 Å². The van der Waals surface area contributed by atoms with E-state index in [0.717, 1.165) is 5.69 Å². The molecule has 1 N–H and O–H groups in total. The molecular formula is C18H20N4O2. The number of hydrogen-bond donors (Lipinski definition) is 1. The van der Waals surface area contributed by atoms with Gasteiger partial charge in [-0.3, -0.25) is 19.3 Å². The first kappa shape index (κ1) is 17.2. The van der Waals surface area contributed by atoms with Crippen molar-refractivity contribution in [2.24, 2.45) is 12.0 Å². The summed E-state index contributed by atoms with van der Waals surface area (Å²) in [6.07, 6.45) is 4.68. The number of carbonyl (C=O) groups excluding carboxylic acids is 1. The molecule has 6 nitrogen and oxygen atoms in total. The lowest BCUT2D eigenvalue weighted by Gasteiger charge is -2.07. The Kier molecular flexibility index (Phi) is 5.31. The van der Waals surface area contributed by atoms with Crippen molar-refractivity contribution in [2.45, 2.75) is 13.8 Å². The van der Waals surface area contributed by atoms with Gasteiger partial charge in [0.05, 0.1) is 17.0 Å². The fourth-order valence-corrected chi connectivity index (χ4v) is 2.35. The standard InChI is InChI=1S/C18H20N4O2/c1-5-9-14(12-19-3)17(23)20-16-13(2)21(4)22(18(16)24)15-10-7-6-8-11-15/h5-12H,3H2,1-2,4H3,(H,20,23)/b9-5-,14-12+. The van der Waals surface area contributed by atoms with Gasteiger partial charge in [-0.05, 0) is 32.7 Å². The molecule has 0 saturated carbocycles. The molecule has 1 aromatic heterocycles. The molecule has 0 aliphatic carbocycles. The first-order valence-corrected chi connectivity index (χ1v) is 7.45. The van der Waals surface area contributed by atoms with E-state index >= 15 is 0 Å². The number of nitrogens with zero attached hydrogens (tertiary/aromatic N) is 3. The third-order valence-corrected chi connectivity index (χ3v) is 3.63. The topological polar surface area (TPSA) is 68.4 Å². The first-order valence-electron chi connectivity index (χ1n) is 7.45. The average molecular weight is 324 g/mol. The lowest BCUT2D eigenvalue weighted by molar-refractivity contribution is -0.112. The molecule has 24 heavy (non-hydrogen) atoms. The van der Waals surface area contributed by atoms with Gasteiger partial charge in [0.15, 0.2) is 0 Å². The number of rotatable bonds is 5. The molecule has 1 heterocycles. The number of anilines is 1. The second-order valence-electron chi connectivity index (χ2n) is 5.16. The average Bonchev–Trinajstić information content (AvgIpc) is 2.79. The van der Waals surface area contributed by atoms with Crippen molar-refractivity contribution in [2.75, 3.05) is 5.32 Å². The van der Waals surface area contributed by atoms with E-state index in [0.29, 0.717) is 11.3 Å². The van der Waals surface area contributed by atoms with Gasteiger partial charge in [0.25, 0.3) is 11.5 Å². The third-order valence-electron chi connectivity index (χ3n) is 3.63. The Morgan fingerprint density at radius 2 is 1.96 bits per heavy atom. The lowest BCUT2D eigenvalue weighted by Crippen LogP contribution is -2.23. The molecule has 0 aliphatic rings. The summed E-state index contributed by atoms with van der Waals surface area (Å²) >= 11 is 0. The predicted octanol–water partition coefficient (Wildman–Crippen LogP) is 2.58. The van der Waals surface area contributed by atoms with Gasteiger partial charge in [-0.1, -0.05) is 30.4 Å². The van der Waals surface area contributed by atoms with E-state index in [-0.39, 0.29) is 11.2 Å². The predicted molar refractivity (Wildman–Crippen MR) is 96.8 cm³/mol. The van der Waals surface area contributed by atoms with Crippen molar-refractivity contribution < 1.29 is 4.79 Å². The fourth-order valence-electron chi connectivity index (χ4n) is 2.35. The number of benzene rings is 1. The van der Waals surface area contributed by atoms with Crippen LogP contribution in [0.5, 0.6) is 0 Å². The summed E-state index contributed by atoms with van der Waals surface area (Å²) in [6.45, 7) is 6.93. The Morgan fingerprint density at radius 3 is 2.54 bits per heavy atom. The summed E-state index contributed by atoms with van der Waals surface area (Å²) in [5.41, 5.74) is 1.65. The van der Waals surface area contributed by atoms with E-state index in [2.05, 4.69) is 17.0 Å². The summed E-state index contributed by atoms with van der Waals surface area (Å²) in [5, 5.41) is 2.68. The van der Waals surface area contributed by atoms with Crippen molar-refractivity contribution >= 4 is 18.3 Å². The quantitative estimate of drug-likeness (QED) is 0.522. The zero-order valence-electron chi connectivity index (χ0n) is 14.0. The highest BCUT2D eigenvalue weighted by atomic mass is 16.2. The maximum atomic E-state index is 12.7. The van der Waals surface area contributed by atoms with E-state index in [1.165, 1.54) is 10.9 Å². The van der Waals surface area contributed by atoms with Gasteiger partial charge in [0.1, 0.15) is 5.69 Å². The minimum Gasteiger partial charge on any atom is -0.316 e. The number of carbonyl (C=O) groups is 1. The summed E-state index contributed by atoms with van der Waals surface area (Å²) in [4.78, 5) is 28.7. The van der Waals surface area contributed by atoms with Gasteiger partial charge in [-0.25, -0.2) is 4.68 Å². The molecule has 0 aliphatic heterocycles. The van der Waals surface area contributed by atoms with Gasteiger partial charge in [0.2, 0.25) is 0 Å². The van der Waals surface area contributed by atoms with Crippen LogP contribution in [0.3, 0.4) is 0 Å².